The number of benzene rings is 1. The largest absolute Gasteiger partial charge is 0.321 e. The van der Waals surface area contributed by atoms with Gasteiger partial charge in [0, 0.05) is 38.1 Å². The minimum atomic E-state index is -0.199. The summed E-state index contributed by atoms with van der Waals surface area (Å²) in [6.07, 6.45) is 2.79. The molecule has 2 heterocycles. The van der Waals surface area contributed by atoms with Gasteiger partial charge in [-0.05, 0) is 36.2 Å². The highest BCUT2D eigenvalue weighted by atomic mass is 16.2. The summed E-state index contributed by atoms with van der Waals surface area (Å²) in [5, 5.41) is 6.84. The molecule has 21 heavy (non-hydrogen) atoms. The van der Waals surface area contributed by atoms with Gasteiger partial charge in [-0.15, -0.1) is 0 Å². The third kappa shape index (κ3) is 2.40. The van der Waals surface area contributed by atoms with Gasteiger partial charge in [-0.25, -0.2) is 0 Å². The van der Waals surface area contributed by atoms with Crippen LogP contribution in [0.4, 0.5) is 11.4 Å². The predicted octanol–water partition coefficient (Wildman–Crippen LogP) is 1.58. The topological polar surface area (TPSA) is 67.2 Å². The van der Waals surface area contributed by atoms with E-state index in [9.17, 15) is 9.59 Å². The Labute approximate surface area is 122 Å². The first-order valence-corrected chi connectivity index (χ1v) is 6.75. The van der Waals surface area contributed by atoms with Crippen molar-refractivity contribution < 1.29 is 9.59 Å². The standard InChI is InChI=1S/C15H16N4O2/c1-18-12-5-4-11(9-10(12)3-6-14(18)20)17-15(21)13-7-8-16-19(13)2/h4-5,7-9H,3,6H2,1-2H3,(H,17,21). The maximum atomic E-state index is 12.1. The lowest BCUT2D eigenvalue weighted by atomic mass is 10.0. The minimum absolute atomic E-state index is 0.120. The summed E-state index contributed by atoms with van der Waals surface area (Å²) < 4.78 is 1.53. The van der Waals surface area contributed by atoms with Crippen molar-refractivity contribution in [3.63, 3.8) is 0 Å². The van der Waals surface area contributed by atoms with Crippen molar-refractivity contribution in [3.8, 4) is 0 Å². The van der Waals surface area contributed by atoms with E-state index in [0.29, 0.717) is 18.5 Å². The van der Waals surface area contributed by atoms with Gasteiger partial charge in [0.05, 0.1) is 0 Å². The average molecular weight is 284 g/mol. The Balaban J connectivity index is 1.83. The van der Waals surface area contributed by atoms with Crippen molar-refractivity contribution in [2.45, 2.75) is 12.8 Å². The smallest absolute Gasteiger partial charge is 0.273 e. The lowest BCUT2D eigenvalue weighted by Crippen LogP contribution is -2.31. The molecule has 0 saturated heterocycles. The number of carbonyl (C=O) groups excluding carboxylic acids is 2. The molecule has 0 radical (unpaired) electrons. The predicted molar refractivity (Wildman–Crippen MR) is 79.3 cm³/mol. The van der Waals surface area contributed by atoms with Gasteiger partial charge in [0.15, 0.2) is 0 Å². The second-order valence-corrected chi connectivity index (χ2v) is 5.09. The van der Waals surface area contributed by atoms with Crippen molar-refractivity contribution in [1.29, 1.82) is 0 Å². The Morgan fingerprint density at radius 2 is 2.05 bits per heavy atom. The highest BCUT2D eigenvalue weighted by Crippen LogP contribution is 2.29. The van der Waals surface area contributed by atoms with Gasteiger partial charge >= 0.3 is 0 Å². The van der Waals surface area contributed by atoms with E-state index in [4.69, 9.17) is 0 Å². The van der Waals surface area contributed by atoms with E-state index in [1.807, 2.05) is 18.2 Å². The second-order valence-electron chi connectivity index (χ2n) is 5.09. The van der Waals surface area contributed by atoms with Crippen LogP contribution in [-0.4, -0.2) is 28.6 Å². The number of nitrogens with zero attached hydrogens (tertiary/aromatic N) is 3. The number of aromatic nitrogens is 2. The monoisotopic (exact) mass is 284 g/mol. The summed E-state index contributed by atoms with van der Waals surface area (Å²) in [5.41, 5.74) is 3.20. The van der Waals surface area contributed by atoms with Crippen LogP contribution in [0.3, 0.4) is 0 Å². The normalized spacial score (nSPS) is 14.0. The van der Waals surface area contributed by atoms with Gasteiger partial charge < -0.3 is 10.2 Å². The molecule has 0 bridgehead atoms. The quantitative estimate of drug-likeness (QED) is 0.910. The van der Waals surface area contributed by atoms with Crippen LogP contribution in [0.5, 0.6) is 0 Å². The molecule has 0 aliphatic carbocycles. The minimum Gasteiger partial charge on any atom is -0.321 e. The Morgan fingerprint density at radius 1 is 1.24 bits per heavy atom. The number of hydrogen-bond acceptors (Lipinski definition) is 3. The molecule has 2 amide bonds. The zero-order valence-corrected chi connectivity index (χ0v) is 12.0. The van der Waals surface area contributed by atoms with E-state index in [1.54, 1.807) is 31.3 Å². The molecule has 108 valence electrons. The van der Waals surface area contributed by atoms with Crippen LogP contribution in [0.15, 0.2) is 30.5 Å². The van der Waals surface area contributed by atoms with E-state index in [-0.39, 0.29) is 11.8 Å². The third-order valence-electron chi connectivity index (χ3n) is 3.73. The number of rotatable bonds is 2. The van der Waals surface area contributed by atoms with Crippen molar-refractivity contribution in [3.05, 3.63) is 41.7 Å². The van der Waals surface area contributed by atoms with Gasteiger partial charge in [-0.1, -0.05) is 0 Å². The number of aryl methyl sites for hydroxylation is 2. The first kappa shape index (κ1) is 13.4. The maximum Gasteiger partial charge on any atom is 0.273 e. The number of amides is 2. The Kier molecular flexibility index (Phi) is 3.21. The van der Waals surface area contributed by atoms with Crippen molar-refractivity contribution in [2.24, 2.45) is 7.05 Å². The molecular weight excluding hydrogens is 268 g/mol. The third-order valence-corrected chi connectivity index (χ3v) is 3.73. The van der Waals surface area contributed by atoms with E-state index in [2.05, 4.69) is 10.4 Å². The molecule has 6 heteroatoms. The maximum absolute atomic E-state index is 12.1. The van der Waals surface area contributed by atoms with Crippen LogP contribution in [0.2, 0.25) is 0 Å². The van der Waals surface area contributed by atoms with Crippen LogP contribution in [0.1, 0.15) is 22.5 Å². The number of anilines is 2. The van der Waals surface area contributed by atoms with Gasteiger partial charge in [0.1, 0.15) is 5.69 Å². The van der Waals surface area contributed by atoms with Crippen molar-refractivity contribution in [2.75, 3.05) is 17.3 Å². The van der Waals surface area contributed by atoms with Gasteiger partial charge in [0.25, 0.3) is 5.91 Å². The number of hydrogen-bond donors (Lipinski definition) is 1. The molecule has 6 nitrogen and oxygen atoms in total. The Hall–Kier alpha value is -2.63. The fourth-order valence-electron chi connectivity index (χ4n) is 2.53. The molecule has 0 fully saturated rings. The fourth-order valence-corrected chi connectivity index (χ4v) is 2.53. The van der Waals surface area contributed by atoms with E-state index in [1.165, 1.54) is 4.68 Å². The molecule has 0 spiro atoms. The lowest BCUT2D eigenvalue weighted by Gasteiger charge is -2.26. The summed E-state index contributed by atoms with van der Waals surface area (Å²) in [5.74, 6) is -0.0793. The second kappa shape index (κ2) is 5.05. The zero-order chi connectivity index (χ0) is 15.0. The summed E-state index contributed by atoms with van der Waals surface area (Å²) in [6, 6.07) is 7.26. The fraction of sp³-hybridized carbons (Fsp3) is 0.267. The highest BCUT2D eigenvalue weighted by molar-refractivity contribution is 6.03. The molecule has 1 aromatic heterocycles. The molecule has 0 unspecified atom stereocenters. The van der Waals surface area contributed by atoms with Crippen LogP contribution in [0.25, 0.3) is 0 Å². The average Bonchev–Trinajstić information content (AvgIpc) is 2.89. The first-order chi connectivity index (χ1) is 10.1. The highest BCUT2D eigenvalue weighted by Gasteiger charge is 2.21. The zero-order valence-electron chi connectivity index (χ0n) is 12.0. The van der Waals surface area contributed by atoms with Crippen molar-refractivity contribution in [1.82, 2.24) is 9.78 Å². The molecule has 2 aromatic rings. The van der Waals surface area contributed by atoms with Crippen LogP contribution >= 0.6 is 0 Å². The van der Waals surface area contributed by atoms with Gasteiger partial charge in [-0.3, -0.25) is 14.3 Å². The molecule has 3 rings (SSSR count). The molecule has 0 saturated carbocycles. The summed E-state index contributed by atoms with van der Waals surface area (Å²) >= 11 is 0. The molecule has 1 aliphatic heterocycles. The molecule has 1 aromatic carbocycles. The van der Waals surface area contributed by atoms with E-state index < -0.39 is 0 Å². The van der Waals surface area contributed by atoms with Gasteiger partial charge in [-0.2, -0.15) is 5.10 Å². The summed E-state index contributed by atoms with van der Waals surface area (Å²) in [7, 11) is 3.50. The number of fused-ring (bicyclic) bond motifs is 1. The van der Waals surface area contributed by atoms with E-state index >= 15 is 0 Å². The SMILES string of the molecule is CN1C(=O)CCc2cc(NC(=O)c3ccnn3C)ccc21. The lowest BCUT2D eigenvalue weighted by molar-refractivity contribution is -0.118. The first-order valence-electron chi connectivity index (χ1n) is 6.75. The number of nitrogens with one attached hydrogen (secondary N) is 1. The van der Waals surface area contributed by atoms with Crippen LogP contribution < -0.4 is 10.2 Å². The molecule has 1 N–H and O–H groups in total. The Morgan fingerprint density at radius 3 is 2.76 bits per heavy atom. The molecule has 1 aliphatic rings. The number of carbonyl (C=O) groups is 2. The van der Waals surface area contributed by atoms with Gasteiger partial charge in [0.2, 0.25) is 5.91 Å². The summed E-state index contributed by atoms with van der Waals surface area (Å²) in [4.78, 5) is 25.5. The van der Waals surface area contributed by atoms with Crippen molar-refractivity contribution >= 4 is 23.2 Å². The molecular formula is C15H16N4O2. The Bertz CT molecular complexity index is 720. The summed E-state index contributed by atoms with van der Waals surface area (Å²) in [6.45, 7) is 0. The van der Waals surface area contributed by atoms with Crippen LogP contribution in [0, 0.1) is 0 Å². The molecule has 0 atom stereocenters. The van der Waals surface area contributed by atoms with E-state index in [0.717, 1.165) is 16.9 Å². The van der Waals surface area contributed by atoms with Crippen LogP contribution in [-0.2, 0) is 18.3 Å².